The number of sulfone groups is 1. The lowest BCUT2D eigenvalue weighted by Crippen LogP contribution is -2.43. The van der Waals surface area contributed by atoms with E-state index >= 15 is 0 Å². The summed E-state index contributed by atoms with van der Waals surface area (Å²) in [7, 11) is -3.17. The number of nitrogens with one attached hydrogen (secondary N) is 2. The number of hydrogen-bond donors (Lipinski definition) is 2. The first-order valence-corrected chi connectivity index (χ1v) is 8.51. The molecule has 0 saturated heterocycles. The maximum absolute atomic E-state index is 11.9. The summed E-state index contributed by atoms with van der Waals surface area (Å²) in [5.74, 6) is -0.756. The molecule has 19 heavy (non-hydrogen) atoms. The molecule has 2 rings (SSSR count). The predicted molar refractivity (Wildman–Crippen MR) is 69.7 cm³/mol. The Morgan fingerprint density at radius 2 is 1.63 bits per heavy atom. The summed E-state index contributed by atoms with van der Waals surface area (Å²) < 4.78 is 23.9. The Hall–Kier alpha value is -1.11. The van der Waals surface area contributed by atoms with Crippen LogP contribution in [-0.4, -0.2) is 31.2 Å². The third-order valence-electron chi connectivity index (χ3n) is 3.70. The highest BCUT2D eigenvalue weighted by molar-refractivity contribution is 7.92. The lowest BCUT2D eigenvalue weighted by Gasteiger charge is -2.11. The molecule has 2 N–H and O–H groups in total. The van der Waals surface area contributed by atoms with Crippen molar-refractivity contribution in [1.82, 2.24) is 10.9 Å². The van der Waals surface area contributed by atoms with Crippen LogP contribution >= 0.6 is 0 Å². The van der Waals surface area contributed by atoms with Gasteiger partial charge in [-0.15, -0.1) is 0 Å². The molecular formula is C12H20N2O4S. The summed E-state index contributed by atoms with van der Waals surface area (Å²) in [5, 5.41) is -0.277. The molecular weight excluding hydrogens is 268 g/mol. The number of carbonyl (C=O) groups is 2. The molecule has 0 aromatic rings. The highest BCUT2D eigenvalue weighted by Gasteiger charge is 2.30. The summed E-state index contributed by atoms with van der Waals surface area (Å²) in [5.41, 5.74) is 4.58. The maximum Gasteiger partial charge on any atom is 0.241 e. The fourth-order valence-electron chi connectivity index (χ4n) is 2.29. The summed E-state index contributed by atoms with van der Waals surface area (Å²) in [6.07, 6.45) is 4.95. The van der Waals surface area contributed by atoms with Gasteiger partial charge < -0.3 is 0 Å². The molecule has 2 aliphatic rings. The molecule has 0 radical (unpaired) electrons. The summed E-state index contributed by atoms with van der Waals surface area (Å²) in [6, 6.07) is 0. The van der Waals surface area contributed by atoms with Crippen molar-refractivity contribution >= 4 is 21.7 Å². The molecule has 2 aliphatic carbocycles. The van der Waals surface area contributed by atoms with Gasteiger partial charge in [-0.05, 0) is 25.7 Å². The first-order valence-electron chi connectivity index (χ1n) is 6.79. The van der Waals surface area contributed by atoms with Crippen LogP contribution in [0.1, 0.15) is 44.9 Å². The first-order chi connectivity index (χ1) is 8.99. The average molecular weight is 288 g/mol. The van der Waals surface area contributed by atoms with Crippen LogP contribution in [0, 0.1) is 5.92 Å². The van der Waals surface area contributed by atoms with Gasteiger partial charge in [0, 0.05) is 12.3 Å². The number of hydrogen-bond acceptors (Lipinski definition) is 4. The van der Waals surface area contributed by atoms with Crippen molar-refractivity contribution in [3.8, 4) is 0 Å². The van der Waals surface area contributed by atoms with E-state index in [0.29, 0.717) is 12.8 Å². The van der Waals surface area contributed by atoms with E-state index in [-0.39, 0.29) is 29.2 Å². The molecule has 0 aromatic heterocycles. The van der Waals surface area contributed by atoms with E-state index in [1.807, 2.05) is 0 Å². The smallest absolute Gasteiger partial charge is 0.241 e. The zero-order chi connectivity index (χ0) is 13.9. The Balaban J connectivity index is 1.68. The zero-order valence-electron chi connectivity index (χ0n) is 10.9. The van der Waals surface area contributed by atoms with Gasteiger partial charge in [-0.25, -0.2) is 8.42 Å². The summed E-state index contributed by atoms with van der Waals surface area (Å²) in [4.78, 5) is 22.7. The van der Waals surface area contributed by atoms with Crippen LogP contribution in [0.4, 0.5) is 0 Å². The fourth-order valence-corrected chi connectivity index (χ4v) is 4.15. The molecule has 108 valence electrons. The number of rotatable bonds is 5. The minimum atomic E-state index is -3.17. The molecule has 0 bridgehead atoms. The van der Waals surface area contributed by atoms with Crippen molar-refractivity contribution in [3.05, 3.63) is 0 Å². The van der Waals surface area contributed by atoms with E-state index < -0.39 is 15.7 Å². The summed E-state index contributed by atoms with van der Waals surface area (Å²) in [6.45, 7) is 0. The van der Waals surface area contributed by atoms with Gasteiger partial charge >= 0.3 is 0 Å². The normalized spacial score (nSPS) is 20.2. The highest BCUT2D eigenvalue weighted by Crippen LogP contribution is 2.28. The Morgan fingerprint density at radius 1 is 1.00 bits per heavy atom. The largest absolute Gasteiger partial charge is 0.273 e. The number of carbonyl (C=O) groups excluding carboxylic acids is 2. The molecule has 0 aromatic carbocycles. The highest BCUT2D eigenvalue weighted by atomic mass is 32.2. The second-order valence-electron chi connectivity index (χ2n) is 5.34. The second-order valence-corrected chi connectivity index (χ2v) is 7.74. The number of hydrazine groups is 1. The molecule has 0 unspecified atom stereocenters. The number of amides is 2. The van der Waals surface area contributed by atoms with Gasteiger partial charge in [0.15, 0.2) is 9.84 Å². The van der Waals surface area contributed by atoms with Crippen LogP contribution in [0.5, 0.6) is 0 Å². The van der Waals surface area contributed by atoms with Crippen molar-refractivity contribution in [1.29, 1.82) is 0 Å². The van der Waals surface area contributed by atoms with Crippen LogP contribution in [0.2, 0.25) is 0 Å². The molecule has 6 nitrogen and oxygen atoms in total. The molecule has 2 fully saturated rings. The van der Waals surface area contributed by atoms with Crippen molar-refractivity contribution in [2.24, 2.45) is 5.92 Å². The van der Waals surface area contributed by atoms with Gasteiger partial charge in [0.05, 0.1) is 11.0 Å². The molecule has 7 heteroatoms. The van der Waals surface area contributed by atoms with Gasteiger partial charge in [0.1, 0.15) is 0 Å². The molecule has 0 heterocycles. The van der Waals surface area contributed by atoms with Gasteiger partial charge in [-0.3, -0.25) is 20.4 Å². The van der Waals surface area contributed by atoms with Gasteiger partial charge in [-0.2, -0.15) is 0 Å². The lowest BCUT2D eigenvalue weighted by atomic mass is 10.4. The predicted octanol–water partition coefficient (Wildman–Crippen LogP) is 0.291. The molecule has 0 atom stereocenters. The van der Waals surface area contributed by atoms with Crippen LogP contribution in [0.3, 0.4) is 0 Å². The second kappa shape index (κ2) is 5.90. The quantitative estimate of drug-likeness (QED) is 0.711. The third-order valence-corrected chi connectivity index (χ3v) is 5.96. The van der Waals surface area contributed by atoms with Crippen molar-refractivity contribution in [2.45, 2.75) is 50.2 Å². The average Bonchev–Trinajstić information content (AvgIpc) is 3.07. The van der Waals surface area contributed by atoms with E-state index in [9.17, 15) is 18.0 Å². The van der Waals surface area contributed by atoms with E-state index in [1.54, 1.807) is 0 Å². The van der Waals surface area contributed by atoms with E-state index in [4.69, 9.17) is 0 Å². The first kappa shape index (κ1) is 14.3. The Kier molecular flexibility index (Phi) is 4.44. The van der Waals surface area contributed by atoms with Gasteiger partial charge in [0.25, 0.3) is 0 Å². The monoisotopic (exact) mass is 288 g/mol. The Morgan fingerprint density at radius 3 is 2.21 bits per heavy atom. The third kappa shape index (κ3) is 4.19. The molecule has 2 amide bonds. The van der Waals surface area contributed by atoms with Crippen LogP contribution in [-0.2, 0) is 19.4 Å². The maximum atomic E-state index is 11.9. The van der Waals surface area contributed by atoms with Gasteiger partial charge in [-0.1, -0.05) is 12.8 Å². The molecule has 2 saturated carbocycles. The van der Waals surface area contributed by atoms with Crippen molar-refractivity contribution in [2.75, 3.05) is 5.75 Å². The van der Waals surface area contributed by atoms with E-state index in [1.165, 1.54) is 0 Å². The summed E-state index contributed by atoms with van der Waals surface area (Å²) >= 11 is 0. The van der Waals surface area contributed by atoms with Crippen LogP contribution < -0.4 is 10.9 Å². The van der Waals surface area contributed by atoms with E-state index in [0.717, 1.165) is 25.7 Å². The van der Waals surface area contributed by atoms with E-state index in [2.05, 4.69) is 10.9 Å². The SMILES string of the molecule is O=C(CCS(=O)(=O)C1CCCC1)NNC(=O)C1CC1. The molecule has 0 aliphatic heterocycles. The standard InChI is InChI=1S/C12H20N2O4S/c15-11(13-14-12(16)9-5-6-9)7-8-19(17,18)10-3-1-2-4-10/h9-10H,1-8H2,(H,13,15)(H,14,16). The van der Waals surface area contributed by atoms with Crippen molar-refractivity contribution < 1.29 is 18.0 Å². The minimum absolute atomic E-state index is 0.0162. The van der Waals surface area contributed by atoms with Crippen LogP contribution in [0.25, 0.3) is 0 Å². The molecule has 0 spiro atoms. The van der Waals surface area contributed by atoms with Crippen molar-refractivity contribution in [3.63, 3.8) is 0 Å². The topological polar surface area (TPSA) is 92.3 Å². The zero-order valence-corrected chi connectivity index (χ0v) is 11.7. The minimum Gasteiger partial charge on any atom is -0.273 e. The Labute approximate surface area is 113 Å². The van der Waals surface area contributed by atoms with Gasteiger partial charge in [0.2, 0.25) is 11.8 Å². The Bertz CT molecular complexity index is 450. The fraction of sp³-hybridized carbons (Fsp3) is 0.833. The van der Waals surface area contributed by atoms with Crippen LogP contribution in [0.15, 0.2) is 0 Å². The lowest BCUT2D eigenvalue weighted by molar-refractivity contribution is -0.129.